The number of hydrogen-bond donors (Lipinski definition) is 2. The average molecular weight is 489 g/mol. The summed E-state index contributed by atoms with van der Waals surface area (Å²) in [6, 6.07) is 26.2. The van der Waals surface area contributed by atoms with E-state index in [1.165, 1.54) is 0 Å². The van der Waals surface area contributed by atoms with Gasteiger partial charge in [0, 0.05) is 6.54 Å². The monoisotopic (exact) mass is 488 g/mol. The zero-order valence-corrected chi connectivity index (χ0v) is 19.6. The van der Waals surface area contributed by atoms with Crippen LogP contribution in [0.3, 0.4) is 0 Å². The molecule has 5 rings (SSSR count). The van der Waals surface area contributed by atoms with E-state index in [1.807, 2.05) is 60.7 Å². The van der Waals surface area contributed by atoms with Gasteiger partial charge in [0.1, 0.15) is 6.04 Å². The fourth-order valence-electron chi connectivity index (χ4n) is 3.99. The molecule has 7 nitrogen and oxygen atoms in total. The molecule has 0 bridgehead atoms. The maximum atomic E-state index is 13.3. The fourth-order valence-corrected chi connectivity index (χ4v) is 5.22. The maximum Gasteiger partial charge on any atom is 0.241 e. The lowest BCUT2D eigenvalue weighted by atomic mass is 10.1. The molecular weight excluding hydrogens is 464 g/mol. The van der Waals surface area contributed by atoms with Crippen LogP contribution in [0.15, 0.2) is 95.9 Å². The van der Waals surface area contributed by atoms with Crippen molar-refractivity contribution in [2.75, 3.05) is 6.79 Å². The molecule has 178 valence electrons. The van der Waals surface area contributed by atoms with E-state index in [9.17, 15) is 13.2 Å². The second-order valence-electron chi connectivity index (χ2n) is 8.28. The molecule has 1 heterocycles. The lowest BCUT2D eigenvalue weighted by Crippen LogP contribution is -2.47. The van der Waals surface area contributed by atoms with Gasteiger partial charge >= 0.3 is 0 Å². The highest BCUT2D eigenvalue weighted by Crippen LogP contribution is 2.32. The number of sulfonamides is 1. The van der Waals surface area contributed by atoms with Crippen molar-refractivity contribution >= 4 is 26.7 Å². The first kappa shape index (κ1) is 22.9. The van der Waals surface area contributed by atoms with Crippen molar-refractivity contribution in [3.63, 3.8) is 0 Å². The van der Waals surface area contributed by atoms with Crippen LogP contribution in [0, 0.1) is 0 Å². The zero-order valence-electron chi connectivity index (χ0n) is 18.8. The lowest BCUT2D eigenvalue weighted by Gasteiger charge is -2.19. The Hall–Kier alpha value is -3.88. The first-order valence-electron chi connectivity index (χ1n) is 11.2. The summed E-state index contributed by atoms with van der Waals surface area (Å²) < 4.78 is 39.9. The minimum atomic E-state index is -3.95. The Balaban J connectivity index is 1.36. The summed E-state index contributed by atoms with van der Waals surface area (Å²) in [6.45, 7) is 0.388. The number of benzene rings is 4. The van der Waals surface area contributed by atoms with Gasteiger partial charge < -0.3 is 14.8 Å². The minimum absolute atomic E-state index is 0.109. The molecule has 2 N–H and O–H groups in total. The molecule has 0 aromatic heterocycles. The van der Waals surface area contributed by atoms with Gasteiger partial charge in [0.15, 0.2) is 11.5 Å². The average Bonchev–Trinajstić information content (AvgIpc) is 3.35. The predicted molar refractivity (Wildman–Crippen MR) is 133 cm³/mol. The molecule has 0 saturated heterocycles. The van der Waals surface area contributed by atoms with Crippen LogP contribution < -0.4 is 19.5 Å². The second-order valence-corrected chi connectivity index (χ2v) is 9.99. The van der Waals surface area contributed by atoms with Crippen LogP contribution in [0.1, 0.15) is 11.1 Å². The minimum Gasteiger partial charge on any atom is -0.454 e. The van der Waals surface area contributed by atoms with E-state index in [-0.39, 0.29) is 24.7 Å². The van der Waals surface area contributed by atoms with Gasteiger partial charge in [-0.15, -0.1) is 0 Å². The van der Waals surface area contributed by atoms with Crippen LogP contribution in [-0.4, -0.2) is 27.2 Å². The van der Waals surface area contributed by atoms with Crippen LogP contribution in [0.4, 0.5) is 0 Å². The second kappa shape index (κ2) is 9.77. The largest absolute Gasteiger partial charge is 0.454 e. The van der Waals surface area contributed by atoms with Crippen molar-refractivity contribution in [1.82, 2.24) is 10.0 Å². The topological polar surface area (TPSA) is 93.7 Å². The van der Waals surface area contributed by atoms with Crippen LogP contribution in [0.2, 0.25) is 0 Å². The van der Waals surface area contributed by atoms with Gasteiger partial charge in [0.2, 0.25) is 22.7 Å². The number of carbonyl (C=O) groups excluding carboxylic acids is 1. The first-order valence-corrected chi connectivity index (χ1v) is 12.7. The Kier molecular flexibility index (Phi) is 6.39. The van der Waals surface area contributed by atoms with Crippen molar-refractivity contribution in [1.29, 1.82) is 0 Å². The number of carbonyl (C=O) groups is 1. The summed E-state index contributed by atoms with van der Waals surface area (Å²) in [5.74, 6) is 0.857. The summed E-state index contributed by atoms with van der Waals surface area (Å²) in [4.78, 5) is 13.3. The van der Waals surface area contributed by atoms with Crippen LogP contribution >= 0.6 is 0 Å². The van der Waals surface area contributed by atoms with Gasteiger partial charge in [-0.3, -0.25) is 4.79 Å². The number of fused-ring (bicyclic) bond motifs is 2. The number of nitrogens with one attached hydrogen (secondary N) is 2. The highest BCUT2D eigenvalue weighted by Gasteiger charge is 2.26. The Morgan fingerprint density at radius 3 is 2.37 bits per heavy atom. The van der Waals surface area contributed by atoms with Crippen molar-refractivity contribution in [3.8, 4) is 11.5 Å². The third kappa shape index (κ3) is 5.29. The van der Waals surface area contributed by atoms with Crippen molar-refractivity contribution in [2.24, 2.45) is 0 Å². The van der Waals surface area contributed by atoms with E-state index in [1.54, 1.807) is 30.3 Å². The van der Waals surface area contributed by atoms with Gasteiger partial charge in [0.25, 0.3) is 0 Å². The quantitative estimate of drug-likeness (QED) is 0.394. The standard InChI is InChI=1S/C27H24N2O5S/c30-27(28-17-20-10-13-25-26(15-20)34-18-33-25)24(14-19-6-2-1-3-7-19)29-35(31,32)23-12-11-21-8-4-5-9-22(21)16-23/h1-13,15-16,24,29H,14,17-18H2,(H,28,30)/t24-/m1/s1. The lowest BCUT2D eigenvalue weighted by molar-refractivity contribution is -0.122. The number of hydrogen-bond acceptors (Lipinski definition) is 5. The van der Waals surface area contributed by atoms with Crippen LogP contribution in [0.25, 0.3) is 10.8 Å². The summed E-state index contributed by atoms with van der Waals surface area (Å²) in [5.41, 5.74) is 1.66. The first-order chi connectivity index (χ1) is 17.0. The van der Waals surface area contributed by atoms with Gasteiger partial charge in [-0.25, -0.2) is 8.42 Å². The molecule has 1 aliphatic rings. The molecule has 0 aliphatic carbocycles. The van der Waals surface area contributed by atoms with Gasteiger partial charge in [-0.2, -0.15) is 4.72 Å². The molecule has 0 saturated carbocycles. The van der Waals surface area contributed by atoms with Crippen molar-refractivity contribution in [3.05, 3.63) is 102 Å². The molecule has 0 spiro atoms. The molecule has 4 aromatic carbocycles. The number of rotatable bonds is 8. The van der Waals surface area contributed by atoms with E-state index in [2.05, 4.69) is 10.0 Å². The SMILES string of the molecule is O=C(NCc1ccc2c(c1)OCO2)[C@@H](Cc1ccccc1)NS(=O)(=O)c1ccc2ccccc2c1. The van der Waals surface area contributed by atoms with E-state index < -0.39 is 22.0 Å². The molecule has 1 amide bonds. The van der Waals surface area contributed by atoms with E-state index in [0.29, 0.717) is 11.5 Å². The van der Waals surface area contributed by atoms with E-state index in [4.69, 9.17) is 9.47 Å². The molecule has 1 atom stereocenters. The summed E-state index contributed by atoms with van der Waals surface area (Å²) in [6.07, 6.45) is 0.209. The van der Waals surface area contributed by atoms with Crippen LogP contribution in [-0.2, 0) is 27.8 Å². The molecule has 1 aliphatic heterocycles. The van der Waals surface area contributed by atoms with Gasteiger partial charge in [-0.1, -0.05) is 66.7 Å². The fraction of sp³-hybridized carbons (Fsp3) is 0.148. The van der Waals surface area contributed by atoms with Crippen molar-refractivity contribution < 1.29 is 22.7 Å². The molecule has 8 heteroatoms. The summed E-state index contributed by atoms with van der Waals surface area (Å²) in [7, 11) is -3.95. The smallest absolute Gasteiger partial charge is 0.241 e. The molecule has 0 unspecified atom stereocenters. The highest BCUT2D eigenvalue weighted by atomic mass is 32.2. The van der Waals surface area contributed by atoms with Gasteiger partial charge in [0.05, 0.1) is 4.90 Å². The Labute approximate surface area is 203 Å². The van der Waals surface area contributed by atoms with Crippen LogP contribution in [0.5, 0.6) is 11.5 Å². The normalized spacial score (nSPS) is 13.5. The maximum absolute atomic E-state index is 13.3. The predicted octanol–water partition coefficient (Wildman–Crippen LogP) is 3.77. The third-order valence-electron chi connectivity index (χ3n) is 5.83. The number of amides is 1. The number of ether oxygens (including phenoxy) is 2. The van der Waals surface area contributed by atoms with E-state index >= 15 is 0 Å². The highest BCUT2D eigenvalue weighted by molar-refractivity contribution is 7.89. The van der Waals surface area contributed by atoms with E-state index in [0.717, 1.165) is 21.9 Å². The van der Waals surface area contributed by atoms with Crippen molar-refractivity contribution in [2.45, 2.75) is 23.9 Å². The third-order valence-corrected chi connectivity index (χ3v) is 7.30. The molecule has 0 radical (unpaired) electrons. The molecule has 0 fully saturated rings. The zero-order chi connectivity index (χ0) is 24.3. The Morgan fingerprint density at radius 1 is 0.800 bits per heavy atom. The molecule has 35 heavy (non-hydrogen) atoms. The Morgan fingerprint density at radius 2 is 1.54 bits per heavy atom. The summed E-state index contributed by atoms with van der Waals surface area (Å²) >= 11 is 0. The molecule has 4 aromatic rings. The molecular formula is C27H24N2O5S. The Bertz CT molecular complexity index is 1470. The summed E-state index contributed by atoms with van der Waals surface area (Å²) in [5, 5.41) is 4.60. The van der Waals surface area contributed by atoms with Gasteiger partial charge in [-0.05, 0) is 52.6 Å².